The summed E-state index contributed by atoms with van der Waals surface area (Å²) in [5, 5.41) is 10.1. The third kappa shape index (κ3) is 5.22. The Labute approximate surface area is 204 Å². The number of nitrogens with zero attached hydrogens (tertiary/aromatic N) is 2. The highest BCUT2D eigenvalue weighted by molar-refractivity contribution is 7.88. The molecule has 0 aliphatic rings. The fourth-order valence-electron chi connectivity index (χ4n) is 4.34. The van der Waals surface area contributed by atoms with Crippen LogP contribution in [0.3, 0.4) is 0 Å². The quantitative estimate of drug-likeness (QED) is 0.389. The molecular formula is C27H24N4O3S. The number of hydrogen-bond donors (Lipinski definition) is 2. The number of aromatic nitrogens is 1. The zero-order chi connectivity index (χ0) is 25.0. The molecule has 1 aromatic heterocycles. The molecule has 0 radical (unpaired) electrons. The maximum atomic E-state index is 13.0. The monoisotopic (exact) mass is 484 g/mol. The average molecular weight is 485 g/mol. The van der Waals surface area contributed by atoms with Gasteiger partial charge in [0.15, 0.2) is 0 Å². The molecule has 1 amide bonds. The van der Waals surface area contributed by atoms with E-state index in [0.717, 1.165) is 22.9 Å². The number of hydrogen-bond acceptors (Lipinski definition) is 5. The van der Waals surface area contributed by atoms with Crippen LogP contribution < -0.4 is 10.5 Å². The second kappa shape index (κ2) is 10.1. The molecule has 0 fully saturated rings. The zero-order valence-electron chi connectivity index (χ0n) is 19.1. The molecule has 3 aromatic carbocycles. The molecule has 3 N–H and O–H groups in total. The Bertz CT molecular complexity index is 1530. The van der Waals surface area contributed by atoms with Crippen molar-refractivity contribution in [3.63, 3.8) is 0 Å². The Morgan fingerprint density at radius 2 is 1.69 bits per heavy atom. The van der Waals surface area contributed by atoms with Gasteiger partial charge in [-0.2, -0.15) is 5.26 Å². The van der Waals surface area contributed by atoms with E-state index in [1.807, 2.05) is 72.8 Å². The molecule has 0 spiro atoms. The topological polar surface area (TPSA) is 126 Å². The van der Waals surface area contributed by atoms with Gasteiger partial charge in [0.2, 0.25) is 15.9 Å². The van der Waals surface area contributed by atoms with Crippen molar-refractivity contribution in [3.8, 4) is 17.3 Å². The normalized spacial score (nSPS) is 12.2. The first-order valence-electron chi connectivity index (χ1n) is 11.0. The van der Waals surface area contributed by atoms with Crippen molar-refractivity contribution in [3.05, 3.63) is 101 Å². The maximum Gasteiger partial charge on any atom is 0.249 e. The summed E-state index contributed by atoms with van der Waals surface area (Å²) in [5.41, 5.74) is 9.90. The molecule has 4 aromatic rings. The molecule has 4 rings (SSSR count). The fourth-order valence-corrected chi connectivity index (χ4v) is 4.74. The lowest BCUT2D eigenvalue weighted by Gasteiger charge is -2.22. The Morgan fingerprint density at radius 1 is 1.03 bits per heavy atom. The third-order valence-electron chi connectivity index (χ3n) is 5.82. The molecule has 1 atom stereocenters. The third-order valence-corrected chi connectivity index (χ3v) is 6.49. The number of nitrogens with one attached hydrogen (secondary N) is 1. The van der Waals surface area contributed by atoms with E-state index in [1.54, 1.807) is 6.07 Å². The number of nitriles is 1. The van der Waals surface area contributed by atoms with Gasteiger partial charge in [0, 0.05) is 35.4 Å². The van der Waals surface area contributed by atoms with Crippen molar-refractivity contribution in [2.75, 3.05) is 6.26 Å². The zero-order valence-corrected chi connectivity index (χ0v) is 19.9. The van der Waals surface area contributed by atoms with Crippen LogP contribution in [0.4, 0.5) is 0 Å². The second-order valence-corrected chi connectivity index (χ2v) is 10.0. The molecule has 7 nitrogen and oxygen atoms in total. The molecule has 0 aliphatic heterocycles. The molecule has 0 saturated heterocycles. The largest absolute Gasteiger partial charge is 0.366 e. The fraction of sp³-hybridized carbons (Fsp3) is 0.148. The predicted octanol–water partition coefficient (Wildman–Crippen LogP) is 4.10. The van der Waals surface area contributed by atoms with Crippen LogP contribution in [0.15, 0.2) is 78.9 Å². The van der Waals surface area contributed by atoms with Gasteiger partial charge in [-0.15, -0.1) is 0 Å². The molecule has 35 heavy (non-hydrogen) atoms. The number of rotatable bonds is 8. The van der Waals surface area contributed by atoms with Gasteiger partial charge in [0.25, 0.3) is 0 Å². The number of benzene rings is 3. The number of carbonyl (C=O) groups excluding carboxylic acids is 1. The molecular weight excluding hydrogens is 460 g/mol. The van der Waals surface area contributed by atoms with Crippen LogP contribution in [0, 0.1) is 11.3 Å². The second-order valence-electron chi connectivity index (χ2n) is 8.20. The van der Waals surface area contributed by atoms with Crippen LogP contribution in [0.5, 0.6) is 0 Å². The number of fused-ring (bicyclic) bond motifs is 1. The molecule has 0 saturated carbocycles. The average Bonchev–Trinajstić information content (AvgIpc) is 2.85. The molecule has 0 unspecified atom stereocenters. The summed E-state index contributed by atoms with van der Waals surface area (Å²) in [6.07, 6.45) is 1.23. The van der Waals surface area contributed by atoms with Gasteiger partial charge in [-0.25, -0.2) is 18.1 Å². The van der Waals surface area contributed by atoms with Gasteiger partial charge in [-0.3, -0.25) is 4.79 Å². The number of amides is 1. The van der Waals surface area contributed by atoms with Crippen LogP contribution in [0.1, 0.15) is 39.4 Å². The molecule has 8 heteroatoms. The Hall–Kier alpha value is -4.06. The van der Waals surface area contributed by atoms with Gasteiger partial charge < -0.3 is 5.73 Å². The van der Waals surface area contributed by atoms with E-state index < -0.39 is 15.9 Å². The van der Waals surface area contributed by atoms with Crippen molar-refractivity contribution < 1.29 is 13.2 Å². The van der Waals surface area contributed by atoms with Crippen molar-refractivity contribution in [2.45, 2.75) is 18.9 Å². The highest BCUT2D eigenvalue weighted by atomic mass is 32.2. The van der Waals surface area contributed by atoms with Gasteiger partial charge >= 0.3 is 0 Å². The Kier molecular flexibility index (Phi) is 6.92. The number of nitrogens with two attached hydrogens (primary N) is 1. The van der Waals surface area contributed by atoms with Crippen molar-refractivity contribution in [2.24, 2.45) is 5.73 Å². The maximum absolute atomic E-state index is 13.0. The summed E-state index contributed by atoms with van der Waals surface area (Å²) in [6.45, 7) is -0.160. The molecule has 0 bridgehead atoms. The number of primary amides is 1. The minimum Gasteiger partial charge on any atom is -0.366 e. The minimum atomic E-state index is -3.57. The Morgan fingerprint density at radius 3 is 2.29 bits per heavy atom. The SMILES string of the molecule is CS(=O)(=O)NCc1c(-c2ccccc2)nc2cccc([C@@H](CC#N)c3ccccc3)c2c1C(N)=O. The van der Waals surface area contributed by atoms with Crippen molar-refractivity contribution in [1.29, 1.82) is 5.26 Å². The summed E-state index contributed by atoms with van der Waals surface area (Å²) < 4.78 is 26.4. The van der Waals surface area contributed by atoms with Crippen LogP contribution in [0.2, 0.25) is 0 Å². The lowest BCUT2D eigenvalue weighted by atomic mass is 9.84. The summed E-state index contributed by atoms with van der Waals surface area (Å²) in [5.74, 6) is -1.03. The van der Waals surface area contributed by atoms with Crippen LogP contribution in [0.25, 0.3) is 22.2 Å². The molecule has 0 aliphatic carbocycles. The van der Waals surface area contributed by atoms with Gasteiger partial charge in [-0.1, -0.05) is 72.8 Å². The number of sulfonamides is 1. The predicted molar refractivity (Wildman–Crippen MR) is 136 cm³/mol. The minimum absolute atomic E-state index is 0.160. The van der Waals surface area contributed by atoms with E-state index in [-0.39, 0.29) is 24.4 Å². The highest BCUT2D eigenvalue weighted by Crippen LogP contribution is 2.38. The Balaban J connectivity index is 2.08. The smallest absolute Gasteiger partial charge is 0.249 e. The summed E-state index contributed by atoms with van der Waals surface area (Å²) in [4.78, 5) is 17.8. The van der Waals surface area contributed by atoms with E-state index in [0.29, 0.717) is 22.2 Å². The lowest BCUT2D eigenvalue weighted by Crippen LogP contribution is -2.25. The summed E-state index contributed by atoms with van der Waals surface area (Å²) in [7, 11) is -3.57. The van der Waals surface area contributed by atoms with Crippen LogP contribution in [-0.2, 0) is 16.6 Å². The first-order valence-corrected chi connectivity index (χ1v) is 12.9. The van der Waals surface area contributed by atoms with Crippen LogP contribution >= 0.6 is 0 Å². The number of carbonyl (C=O) groups is 1. The van der Waals surface area contributed by atoms with E-state index in [1.165, 1.54) is 0 Å². The summed E-state index contributed by atoms with van der Waals surface area (Å²) >= 11 is 0. The standard InChI is InChI=1S/C27H24N4O3S/c1-35(33,34)30-17-22-25(27(29)32)24-21(20(15-16-28)18-9-4-2-5-10-18)13-8-14-23(24)31-26(22)19-11-6-3-7-12-19/h2-14,20,30H,15,17H2,1H3,(H2,29,32)/t20-/m0/s1. The number of pyridine rings is 1. The molecule has 1 heterocycles. The summed E-state index contributed by atoms with van der Waals surface area (Å²) in [6, 6.07) is 26.5. The van der Waals surface area contributed by atoms with Crippen molar-refractivity contribution >= 4 is 26.8 Å². The molecule has 176 valence electrons. The van der Waals surface area contributed by atoms with Crippen LogP contribution in [-0.4, -0.2) is 25.6 Å². The van der Waals surface area contributed by atoms with E-state index >= 15 is 0 Å². The first kappa shape index (κ1) is 24.1. The van der Waals surface area contributed by atoms with Gasteiger partial charge in [0.05, 0.1) is 29.1 Å². The van der Waals surface area contributed by atoms with Gasteiger partial charge in [-0.05, 0) is 17.2 Å². The van der Waals surface area contributed by atoms with Crippen molar-refractivity contribution in [1.82, 2.24) is 9.71 Å². The van der Waals surface area contributed by atoms with E-state index in [9.17, 15) is 18.5 Å². The lowest BCUT2D eigenvalue weighted by molar-refractivity contribution is 0.100. The van der Waals surface area contributed by atoms with Gasteiger partial charge in [0.1, 0.15) is 0 Å². The highest BCUT2D eigenvalue weighted by Gasteiger charge is 2.26. The van der Waals surface area contributed by atoms with E-state index in [4.69, 9.17) is 10.7 Å². The first-order chi connectivity index (χ1) is 16.8. The van der Waals surface area contributed by atoms with E-state index in [2.05, 4.69) is 10.8 Å².